The number of nitrogens with two attached hydrogens (primary N) is 1. The van der Waals surface area contributed by atoms with E-state index in [1.54, 1.807) is 12.1 Å². The molecule has 2 aromatic carbocycles. The predicted octanol–water partition coefficient (Wildman–Crippen LogP) is 5.81. The minimum absolute atomic E-state index is 0.0314. The molecule has 5 rings (SSSR count). The number of morpholine rings is 1. The summed E-state index contributed by atoms with van der Waals surface area (Å²) in [7, 11) is 0. The van der Waals surface area contributed by atoms with Crippen molar-refractivity contribution in [2.45, 2.75) is 78.7 Å². The average Bonchev–Trinajstić information content (AvgIpc) is 3.52. The highest BCUT2D eigenvalue weighted by Gasteiger charge is 2.31. The third kappa shape index (κ3) is 13.7. The van der Waals surface area contributed by atoms with Gasteiger partial charge in [0.15, 0.2) is 0 Å². The standard InChI is InChI=1S/C26H36ClFN4O2.C10H11FN2O2.C4H10/c1-4-16(2)24(17(3)29-7-8-32-9-11-34-12-10-32)31-26(33)18-5-6-23-20(13-18)21-14-19(28)15-22(27)25(21)30-23;11-8-4-2-1-3-7(8)5-10(15)13-6-9(12)14;1-3-4-2/h14-16,18,24,29-30H,3-13H2,1-2H3,(H,31,33);1-4H,5-6H2,(H2,12,14)(H,13,15);3-4H2,1-2H3/t16-,18?,24?;;/m0../s1. The molecule has 0 saturated carbocycles. The van der Waals surface area contributed by atoms with E-state index in [9.17, 15) is 23.2 Å². The second kappa shape index (κ2) is 22.3. The van der Waals surface area contributed by atoms with E-state index in [0.29, 0.717) is 17.0 Å². The summed E-state index contributed by atoms with van der Waals surface area (Å²) in [4.78, 5) is 40.6. The Morgan fingerprint density at radius 1 is 1.09 bits per heavy atom. The van der Waals surface area contributed by atoms with Gasteiger partial charge in [-0.3, -0.25) is 19.3 Å². The molecule has 10 nitrogen and oxygen atoms in total. The molecule has 3 aromatic rings. The minimum Gasteiger partial charge on any atom is -0.386 e. The quantitative estimate of drug-likeness (QED) is 0.141. The summed E-state index contributed by atoms with van der Waals surface area (Å²) in [5, 5.41) is 10.2. The predicted molar refractivity (Wildman–Crippen MR) is 207 cm³/mol. The largest absolute Gasteiger partial charge is 0.386 e. The first kappa shape index (κ1) is 43.4. The molecule has 2 heterocycles. The number of hydrogen-bond donors (Lipinski definition) is 5. The van der Waals surface area contributed by atoms with Crippen molar-refractivity contribution in [3.05, 3.63) is 82.2 Å². The number of fused-ring (bicyclic) bond motifs is 3. The fourth-order valence-electron chi connectivity index (χ4n) is 6.12. The molecule has 1 fully saturated rings. The molecule has 1 aromatic heterocycles. The van der Waals surface area contributed by atoms with E-state index in [0.717, 1.165) is 86.5 Å². The number of nitrogens with one attached hydrogen (secondary N) is 4. The Morgan fingerprint density at radius 2 is 1.79 bits per heavy atom. The fraction of sp³-hybridized carbons (Fsp3) is 0.525. The maximum absolute atomic E-state index is 14.0. The zero-order valence-corrected chi connectivity index (χ0v) is 32.4. The number of nitrogens with zero attached hydrogens (tertiary/aromatic N) is 1. The number of carbonyl (C=O) groups is 3. The van der Waals surface area contributed by atoms with Crippen molar-refractivity contribution in [2.24, 2.45) is 17.6 Å². The average molecular weight is 759 g/mol. The van der Waals surface area contributed by atoms with E-state index < -0.39 is 17.6 Å². The number of H-pyrrole nitrogens is 1. The number of aromatic amines is 1. The van der Waals surface area contributed by atoms with Crippen LogP contribution in [0.5, 0.6) is 0 Å². The van der Waals surface area contributed by atoms with E-state index in [4.69, 9.17) is 22.1 Å². The van der Waals surface area contributed by atoms with Crippen LogP contribution in [0.4, 0.5) is 8.78 Å². The highest BCUT2D eigenvalue weighted by Crippen LogP contribution is 2.35. The summed E-state index contributed by atoms with van der Waals surface area (Å²) in [5.41, 5.74) is 8.80. The van der Waals surface area contributed by atoms with Crippen molar-refractivity contribution in [3.63, 3.8) is 0 Å². The molecule has 0 bridgehead atoms. The van der Waals surface area contributed by atoms with Gasteiger partial charge in [0.1, 0.15) is 11.6 Å². The van der Waals surface area contributed by atoms with E-state index in [1.165, 1.54) is 37.1 Å². The van der Waals surface area contributed by atoms with Gasteiger partial charge in [-0.2, -0.15) is 0 Å². The topological polar surface area (TPSA) is 142 Å². The number of ether oxygens (including phenoxy) is 1. The molecule has 1 aliphatic carbocycles. The third-order valence-electron chi connectivity index (χ3n) is 9.62. The number of aryl methyl sites for hydroxylation is 1. The van der Waals surface area contributed by atoms with Gasteiger partial charge in [0.05, 0.1) is 42.8 Å². The molecule has 6 N–H and O–H groups in total. The monoisotopic (exact) mass is 758 g/mol. The van der Waals surface area contributed by atoms with Crippen LogP contribution in [0, 0.1) is 23.5 Å². The van der Waals surface area contributed by atoms with E-state index in [-0.39, 0.29) is 42.6 Å². The van der Waals surface area contributed by atoms with Crippen LogP contribution < -0.4 is 21.7 Å². The molecular formula is C40H57ClF2N6O4. The Morgan fingerprint density at radius 3 is 2.43 bits per heavy atom. The van der Waals surface area contributed by atoms with Gasteiger partial charge >= 0.3 is 0 Å². The number of rotatable bonds is 14. The minimum atomic E-state index is -0.628. The van der Waals surface area contributed by atoms with Crippen LogP contribution in [0.2, 0.25) is 5.02 Å². The molecule has 3 atom stereocenters. The molecule has 1 aliphatic heterocycles. The zero-order chi connectivity index (χ0) is 38.9. The number of carbonyl (C=O) groups excluding carboxylic acids is 3. The molecule has 292 valence electrons. The van der Waals surface area contributed by atoms with Gasteiger partial charge in [-0.15, -0.1) is 0 Å². The first-order valence-electron chi connectivity index (χ1n) is 18.7. The van der Waals surface area contributed by atoms with Gasteiger partial charge < -0.3 is 31.4 Å². The van der Waals surface area contributed by atoms with Crippen LogP contribution in [0.25, 0.3) is 10.9 Å². The summed E-state index contributed by atoms with van der Waals surface area (Å²) < 4.78 is 32.5. The van der Waals surface area contributed by atoms with Crippen molar-refractivity contribution in [3.8, 4) is 0 Å². The molecule has 53 heavy (non-hydrogen) atoms. The lowest BCUT2D eigenvalue weighted by molar-refractivity contribution is -0.126. The molecule has 3 amide bonds. The molecule has 2 aliphatic rings. The van der Waals surface area contributed by atoms with E-state index in [1.807, 2.05) is 0 Å². The molecule has 13 heteroatoms. The number of unbranched alkanes of at least 4 members (excludes halogenated alkanes) is 1. The van der Waals surface area contributed by atoms with Crippen LogP contribution >= 0.6 is 11.6 Å². The fourth-order valence-corrected chi connectivity index (χ4v) is 6.37. The van der Waals surface area contributed by atoms with Crippen molar-refractivity contribution in [1.82, 2.24) is 25.8 Å². The smallest absolute Gasteiger partial charge is 0.236 e. The molecule has 1 saturated heterocycles. The molecule has 0 spiro atoms. The first-order chi connectivity index (χ1) is 25.4. The Kier molecular flexibility index (Phi) is 18.2. The van der Waals surface area contributed by atoms with Crippen LogP contribution in [-0.4, -0.2) is 79.6 Å². The second-order valence-electron chi connectivity index (χ2n) is 13.6. The zero-order valence-electron chi connectivity index (χ0n) is 31.6. The van der Waals surface area contributed by atoms with E-state index in [2.05, 4.69) is 60.1 Å². The molecule has 2 unspecified atom stereocenters. The Labute approximate surface area is 317 Å². The van der Waals surface area contributed by atoms with Crippen molar-refractivity contribution in [2.75, 3.05) is 45.9 Å². The number of hydrogen-bond acceptors (Lipinski definition) is 6. The lowest BCUT2D eigenvalue weighted by atomic mass is 9.85. The van der Waals surface area contributed by atoms with Gasteiger partial charge in [0.25, 0.3) is 0 Å². The number of benzene rings is 2. The summed E-state index contributed by atoms with van der Waals surface area (Å²) in [6, 6.07) is 8.66. The van der Waals surface area contributed by atoms with Crippen LogP contribution in [0.1, 0.15) is 70.2 Å². The van der Waals surface area contributed by atoms with Gasteiger partial charge in [0, 0.05) is 48.9 Å². The van der Waals surface area contributed by atoms with Crippen LogP contribution in [0.15, 0.2) is 48.7 Å². The Hall–Kier alpha value is -4.00. The van der Waals surface area contributed by atoms with Crippen molar-refractivity contribution < 1.29 is 27.9 Å². The third-order valence-corrected chi connectivity index (χ3v) is 9.92. The summed E-state index contributed by atoms with van der Waals surface area (Å²) >= 11 is 6.25. The molecule has 0 radical (unpaired) electrons. The van der Waals surface area contributed by atoms with Crippen molar-refractivity contribution in [1.29, 1.82) is 0 Å². The van der Waals surface area contributed by atoms with Gasteiger partial charge in [0.2, 0.25) is 17.7 Å². The first-order valence-corrected chi connectivity index (χ1v) is 19.1. The van der Waals surface area contributed by atoms with Gasteiger partial charge in [-0.1, -0.05) is 83.3 Å². The maximum Gasteiger partial charge on any atom is 0.236 e. The second-order valence-corrected chi connectivity index (χ2v) is 14.0. The highest BCUT2D eigenvalue weighted by atomic mass is 35.5. The lowest BCUT2D eigenvalue weighted by Gasteiger charge is -2.31. The summed E-state index contributed by atoms with van der Waals surface area (Å²) in [6.45, 7) is 17.8. The maximum atomic E-state index is 14.0. The number of halogens is 3. The number of aromatic nitrogens is 1. The SMILES string of the molecule is C=C(NCCN1CCOCC1)C(NC(=O)C1CCc2[nH]c3c(Cl)cc(F)cc3c2C1)[C@@H](C)CC.CCCC.NC(=O)CNC(=O)Cc1ccccc1F. The van der Waals surface area contributed by atoms with E-state index >= 15 is 0 Å². The highest BCUT2D eigenvalue weighted by molar-refractivity contribution is 6.35. The Balaban J connectivity index is 0.000000330. The van der Waals surface area contributed by atoms with Crippen molar-refractivity contribution >= 4 is 40.2 Å². The van der Waals surface area contributed by atoms with Gasteiger partial charge in [-0.25, -0.2) is 8.78 Å². The lowest BCUT2D eigenvalue weighted by Crippen LogP contribution is -2.48. The van der Waals surface area contributed by atoms with Crippen LogP contribution in [0.3, 0.4) is 0 Å². The summed E-state index contributed by atoms with van der Waals surface area (Å²) in [6.07, 6.45) is 5.54. The van der Waals surface area contributed by atoms with Gasteiger partial charge in [-0.05, 0) is 54.5 Å². The Bertz CT molecular complexity index is 1660. The number of amides is 3. The molecular weight excluding hydrogens is 702 g/mol. The normalized spacial score (nSPS) is 16.5. The van der Waals surface area contributed by atoms with Crippen LogP contribution in [-0.2, 0) is 38.4 Å². The summed E-state index contributed by atoms with van der Waals surface area (Å²) in [5.74, 6) is -1.73. The number of primary amides is 1.